The number of hydrogen-bond acceptors (Lipinski definition) is 3. The quantitative estimate of drug-likeness (QED) is 0.764. The molecule has 0 bridgehead atoms. The van der Waals surface area contributed by atoms with Crippen LogP contribution in [0.25, 0.3) is 0 Å². The van der Waals surface area contributed by atoms with Crippen LogP contribution in [0.2, 0.25) is 0 Å². The Balaban J connectivity index is 2.25. The van der Waals surface area contributed by atoms with Crippen molar-refractivity contribution >= 4 is 23.6 Å². The van der Waals surface area contributed by atoms with Crippen molar-refractivity contribution in [2.75, 3.05) is 5.75 Å². The van der Waals surface area contributed by atoms with Crippen molar-refractivity contribution in [1.29, 1.82) is 0 Å². The van der Waals surface area contributed by atoms with Crippen molar-refractivity contribution in [2.45, 2.75) is 43.9 Å². The van der Waals surface area contributed by atoms with Crippen LogP contribution in [0, 0.1) is 0 Å². The molecular formula is C10H17NO3S. The van der Waals surface area contributed by atoms with Crippen LogP contribution < -0.4 is 5.32 Å². The first kappa shape index (κ1) is 12.4. The van der Waals surface area contributed by atoms with Gasteiger partial charge in [0.2, 0.25) is 5.91 Å². The van der Waals surface area contributed by atoms with Crippen molar-refractivity contribution in [3.8, 4) is 0 Å². The molecule has 1 heterocycles. The van der Waals surface area contributed by atoms with Gasteiger partial charge in [0.15, 0.2) is 0 Å². The fourth-order valence-corrected chi connectivity index (χ4v) is 2.84. The summed E-state index contributed by atoms with van der Waals surface area (Å²) in [6.07, 6.45) is 3.93. The second-order valence-electron chi connectivity index (χ2n) is 3.82. The molecule has 0 aliphatic carbocycles. The molecule has 1 rings (SSSR count). The minimum absolute atomic E-state index is 0.149. The minimum atomic E-state index is -0.986. The van der Waals surface area contributed by atoms with E-state index >= 15 is 0 Å². The lowest BCUT2D eigenvalue weighted by atomic mass is 10.1. The van der Waals surface area contributed by atoms with Crippen molar-refractivity contribution in [1.82, 2.24) is 5.32 Å². The lowest BCUT2D eigenvalue weighted by Crippen LogP contribution is -2.39. The molecule has 0 saturated carbocycles. The van der Waals surface area contributed by atoms with Crippen LogP contribution in [-0.2, 0) is 9.59 Å². The van der Waals surface area contributed by atoms with Crippen LogP contribution in [-0.4, -0.2) is 34.0 Å². The first-order valence-electron chi connectivity index (χ1n) is 5.23. The van der Waals surface area contributed by atoms with E-state index < -0.39 is 12.0 Å². The first-order chi connectivity index (χ1) is 7.09. The van der Waals surface area contributed by atoms with Gasteiger partial charge in [-0.3, -0.25) is 9.59 Å². The maximum absolute atomic E-state index is 11.4. The van der Waals surface area contributed by atoms with Crippen LogP contribution in [0.4, 0.5) is 0 Å². The van der Waals surface area contributed by atoms with E-state index in [4.69, 9.17) is 5.11 Å². The summed E-state index contributed by atoms with van der Waals surface area (Å²) < 4.78 is 0. The number of carbonyl (C=O) groups is 2. The molecule has 15 heavy (non-hydrogen) atoms. The Hall–Kier alpha value is -0.710. The predicted octanol–water partition coefficient (Wildman–Crippen LogP) is 1.25. The van der Waals surface area contributed by atoms with Crippen LogP contribution in [0.3, 0.4) is 0 Å². The molecule has 0 aromatic rings. The summed E-state index contributed by atoms with van der Waals surface area (Å²) in [6, 6.07) is -0.786. The third kappa shape index (κ3) is 4.55. The minimum Gasteiger partial charge on any atom is -0.480 e. The van der Waals surface area contributed by atoms with Crippen molar-refractivity contribution in [3.63, 3.8) is 0 Å². The molecule has 0 spiro atoms. The average molecular weight is 231 g/mol. The van der Waals surface area contributed by atoms with E-state index in [1.165, 1.54) is 19.8 Å². The number of hydrogen-bond donors (Lipinski definition) is 2. The van der Waals surface area contributed by atoms with E-state index in [0.717, 1.165) is 12.2 Å². The average Bonchev–Trinajstić information content (AvgIpc) is 2.18. The van der Waals surface area contributed by atoms with Gasteiger partial charge in [-0.05, 0) is 25.5 Å². The number of nitrogens with one attached hydrogen (secondary N) is 1. The third-order valence-electron chi connectivity index (χ3n) is 2.43. The second-order valence-corrected chi connectivity index (χ2v) is 5.23. The SMILES string of the molecule is C[C@H](NC(=O)CC1CCCCS1)C(=O)O. The van der Waals surface area contributed by atoms with Gasteiger partial charge in [0.25, 0.3) is 0 Å². The van der Waals surface area contributed by atoms with Gasteiger partial charge >= 0.3 is 5.97 Å². The predicted molar refractivity (Wildman–Crippen MR) is 60.0 cm³/mol. The first-order valence-corrected chi connectivity index (χ1v) is 6.28. The summed E-state index contributed by atoms with van der Waals surface area (Å²) in [7, 11) is 0. The zero-order chi connectivity index (χ0) is 11.3. The van der Waals surface area contributed by atoms with Gasteiger partial charge in [-0.25, -0.2) is 0 Å². The van der Waals surface area contributed by atoms with Crippen LogP contribution in [0.15, 0.2) is 0 Å². The molecule has 1 fully saturated rings. The molecule has 0 aromatic heterocycles. The van der Waals surface area contributed by atoms with Crippen LogP contribution in [0.5, 0.6) is 0 Å². The highest BCUT2D eigenvalue weighted by atomic mass is 32.2. The molecular weight excluding hydrogens is 214 g/mol. The maximum atomic E-state index is 11.4. The highest BCUT2D eigenvalue weighted by Crippen LogP contribution is 2.27. The van der Waals surface area contributed by atoms with E-state index in [9.17, 15) is 9.59 Å². The Bertz CT molecular complexity index is 239. The van der Waals surface area contributed by atoms with E-state index in [-0.39, 0.29) is 5.91 Å². The standard InChI is InChI=1S/C10H17NO3S/c1-7(10(13)14)11-9(12)6-8-4-2-3-5-15-8/h7-8H,2-6H2,1H3,(H,11,12)(H,13,14)/t7-,8?/m0/s1. The summed E-state index contributed by atoms with van der Waals surface area (Å²) in [5.41, 5.74) is 0. The van der Waals surface area contributed by atoms with E-state index in [2.05, 4.69) is 5.32 Å². The van der Waals surface area contributed by atoms with Gasteiger partial charge < -0.3 is 10.4 Å². The summed E-state index contributed by atoms with van der Waals surface area (Å²) in [4.78, 5) is 21.9. The zero-order valence-electron chi connectivity index (χ0n) is 8.86. The Labute approximate surface area is 93.8 Å². The highest BCUT2D eigenvalue weighted by molar-refractivity contribution is 7.99. The van der Waals surface area contributed by atoms with Crippen LogP contribution >= 0.6 is 11.8 Å². The normalized spacial score (nSPS) is 23.1. The number of aliphatic carboxylic acids is 1. The highest BCUT2D eigenvalue weighted by Gasteiger charge is 2.20. The third-order valence-corrected chi connectivity index (χ3v) is 3.83. The number of amides is 1. The monoisotopic (exact) mass is 231 g/mol. The maximum Gasteiger partial charge on any atom is 0.325 e. The lowest BCUT2D eigenvalue weighted by molar-refractivity contribution is -0.141. The molecule has 2 atom stereocenters. The fourth-order valence-electron chi connectivity index (χ4n) is 1.54. The summed E-state index contributed by atoms with van der Waals surface area (Å²) in [5, 5.41) is 11.5. The Kier molecular flexibility index (Phi) is 4.94. The van der Waals surface area contributed by atoms with Gasteiger partial charge in [-0.2, -0.15) is 11.8 Å². The largest absolute Gasteiger partial charge is 0.480 e. The van der Waals surface area contributed by atoms with E-state index in [1.54, 1.807) is 0 Å². The van der Waals surface area contributed by atoms with Crippen LogP contribution in [0.1, 0.15) is 32.6 Å². The van der Waals surface area contributed by atoms with Gasteiger partial charge in [-0.15, -0.1) is 0 Å². The molecule has 2 N–H and O–H groups in total. The summed E-state index contributed by atoms with van der Waals surface area (Å²) in [5.74, 6) is -0.0177. The Morgan fingerprint density at radius 2 is 2.27 bits per heavy atom. The number of carbonyl (C=O) groups excluding carboxylic acids is 1. The van der Waals surface area contributed by atoms with Crippen molar-refractivity contribution in [3.05, 3.63) is 0 Å². The second kappa shape index (κ2) is 6.00. The van der Waals surface area contributed by atoms with Gasteiger partial charge in [0.1, 0.15) is 6.04 Å². The van der Waals surface area contributed by atoms with E-state index in [1.807, 2.05) is 11.8 Å². The molecule has 5 heteroatoms. The van der Waals surface area contributed by atoms with Crippen molar-refractivity contribution in [2.24, 2.45) is 0 Å². The number of carboxylic acid groups (broad SMARTS) is 1. The van der Waals surface area contributed by atoms with Crippen molar-refractivity contribution < 1.29 is 14.7 Å². The van der Waals surface area contributed by atoms with Gasteiger partial charge in [-0.1, -0.05) is 6.42 Å². The molecule has 86 valence electrons. The Morgan fingerprint density at radius 3 is 2.80 bits per heavy atom. The molecule has 1 unspecified atom stereocenters. The lowest BCUT2D eigenvalue weighted by Gasteiger charge is -2.21. The van der Waals surface area contributed by atoms with Gasteiger partial charge in [0.05, 0.1) is 0 Å². The van der Waals surface area contributed by atoms with E-state index in [0.29, 0.717) is 11.7 Å². The molecule has 4 nitrogen and oxygen atoms in total. The smallest absolute Gasteiger partial charge is 0.325 e. The molecule has 0 aromatic carbocycles. The zero-order valence-corrected chi connectivity index (χ0v) is 9.68. The molecule has 1 saturated heterocycles. The molecule has 1 aliphatic rings. The number of rotatable bonds is 4. The number of thioether (sulfide) groups is 1. The molecule has 0 radical (unpaired) electrons. The number of carboxylic acids is 1. The fraction of sp³-hybridized carbons (Fsp3) is 0.800. The molecule has 1 aliphatic heterocycles. The summed E-state index contributed by atoms with van der Waals surface area (Å²) >= 11 is 1.82. The molecule has 1 amide bonds. The Morgan fingerprint density at radius 1 is 1.53 bits per heavy atom. The topological polar surface area (TPSA) is 66.4 Å². The van der Waals surface area contributed by atoms with Gasteiger partial charge in [0, 0.05) is 11.7 Å². The summed E-state index contributed by atoms with van der Waals surface area (Å²) in [6.45, 7) is 1.48.